The zero-order chi connectivity index (χ0) is 18.7. The summed E-state index contributed by atoms with van der Waals surface area (Å²) in [6.07, 6.45) is -2.40. The molecule has 0 aliphatic carbocycles. The first-order chi connectivity index (χ1) is 12.4. The van der Waals surface area contributed by atoms with Gasteiger partial charge in [0, 0.05) is 24.7 Å². The quantitative estimate of drug-likeness (QED) is 0.728. The molecule has 0 aromatic heterocycles. The van der Waals surface area contributed by atoms with E-state index in [1.54, 1.807) is 24.3 Å². The molecule has 0 saturated carbocycles. The number of halogens is 3. The minimum atomic E-state index is -4.31. The van der Waals surface area contributed by atoms with E-state index in [0.29, 0.717) is 5.56 Å². The number of carbonyl (C=O) groups is 1. The van der Waals surface area contributed by atoms with Crippen molar-refractivity contribution in [1.82, 2.24) is 0 Å². The summed E-state index contributed by atoms with van der Waals surface area (Å²) in [7, 11) is 1.34. The maximum absolute atomic E-state index is 12.7. The highest BCUT2D eigenvalue weighted by Gasteiger charge is 2.30. The van der Waals surface area contributed by atoms with Gasteiger partial charge in [0.2, 0.25) is 0 Å². The number of esters is 1. The molecule has 1 unspecified atom stereocenters. The highest BCUT2D eigenvalue weighted by molar-refractivity contribution is 5.89. The highest BCUT2D eigenvalue weighted by atomic mass is 19.4. The summed E-state index contributed by atoms with van der Waals surface area (Å²) in [5.41, 5.74) is 1.79. The Bertz CT molecular complexity index is 754. The van der Waals surface area contributed by atoms with Gasteiger partial charge in [-0.25, -0.2) is 4.79 Å². The van der Waals surface area contributed by atoms with Crippen LogP contribution in [0.4, 0.5) is 18.9 Å². The van der Waals surface area contributed by atoms with Gasteiger partial charge in [0.15, 0.2) is 0 Å². The van der Waals surface area contributed by atoms with Gasteiger partial charge in [-0.2, -0.15) is 13.2 Å². The minimum Gasteiger partial charge on any atom is -0.465 e. The fourth-order valence-corrected chi connectivity index (χ4v) is 3.35. The second-order valence-corrected chi connectivity index (χ2v) is 6.44. The molecule has 0 N–H and O–H groups in total. The van der Waals surface area contributed by atoms with Gasteiger partial charge in [-0.1, -0.05) is 12.1 Å². The van der Waals surface area contributed by atoms with E-state index >= 15 is 0 Å². The Balaban J connectivity index is 1.72. The highest BCUT2D eigenvalue weighted by Crippen LogP contribution is 2.33. The summed E-state index contributed by atoms with van der Waals surface area (Å²) in [6, 6.07) is 12.7. The summed E-state index contributed by atoms with van der Waals surface area (Å²) in [6.45, 7) is 1.62. The van der Waals surface area contributed by atoms with Crippen LogP contribution in [-0.4, -0.2) is 26.2 Å². The first-order valence-electron chi connectivity index (χ1n) is 8.49. The summed E-state index contributed by atoms with van der Waals surface area (Å²) in [5.74, 6) is -0.191. The van der Waals surface area contributed by atoms with Crippen molar-refractivity contribution >= 4 is 11.7 Å². The molecule has 1 fully saturated rings. The Labute approximate surface area is 150 Å². The second-order valence-electron chi connectivity index (χ2n) is 6.44. The number of anilines is 1. The standard InChI is InChI=1S/C20H20F3NO2/c1-26-19(25)15-6-10-18(11-7-15)24-12-2-3-16(13-24)14-4-8-17(9-5-14)20(21,22)23/h4-11,16H,2-3,12-13H2,1H3. The molecular weight excluding hydrogens is 343 g/mol. The molecule has 138 valence electrons. The van der Waals surface area contributed by atoms with Gasteiger partial charge in [0.1, 0.15) is 0 Å². The molecule has 0 spiro atoms. The first kappa shape index (κ1) is 18.3. The van der Waals surface area contributed by atoms with Crippen molar-refractivity contribution in [1.29, 1.82) is 0 Å². The summed E-state index contributed by atoms with van der Waals surface area (Å²) >= 11 is 0. The fraction of sp³-hybridized carbons (Fsp3) is 0.350. The monoisotopic (exact) mass is 363 g/mol. The van der Waals surface area contributed by atoms with Crippen LogP contribution in [0.1, 0.15) is 40.2 Å². The van der Waals surface area contributed by atoms with Crippen LogP contribution >= 0.6 is 0 Å². The number of carbonyl (C=O) groups excluding carboxylic acids is 1. The number of ether oxygens (including phenoxy) is 1. The largest absolute Gasteiger partial charge is 0.465 e. The van der Waals surface area contributed by atoms with E-state index in [4.69, 9.17) is 4.74 Å². The lowest BCUT2D eigenvalue weighted by molar-refractivity contribution is -0.137. The predicted octanol–water partition coefficient (Wildman–Crippen LogP) is 4.88. The van der Waals surface area contributed by atoms with Crippen molar-refractivity contribution in [3.8, 4) is 0 Å². The first-order valence-corrected chi connectivity index (χ1v) is 8.49. The molecule has 0 amide bonds. The van der Waals surface area contributed by atoms with Crippen LogP contribution < -0.4 is 4.90 Å². The molecular formula is C20H20F3NO2. The van der Waals surface area contributed by atoms with E-state index in [-0.39, 0.29) is 11.9 Å². The maximum atomic E-state index is 12.7. The van der Waals surface area contributed by atoms with E-state index in [0.717, 1.165) is 49.3 Å². The molecule has 1 heterocycles. The van der Waals surface area contributed by atoms with Crippen molar-refractivity contribution in [3.05, 3.63) is 65.2 Å². The number of rotatable bonds is 3. The number of piperidine rings is 1. The molecule has 2 aromatic carbocycles. The Kier molecular flexibility index (Phi) is 5.20. The van der Waals surface area contributed by atoms with Gasteiger partial charge >= 0.3 is 12.1 Å². The molecule has 3 nitrogen and oxygen atoms in total. The average molecular weight is 363 g/mol. The molecule has 0 bridgehead atoms. The number of benzene rings is 2. The Morgan fingerprint density at radius 3 is 2.31 bits per heavy atom. The van der Waals surface area contributed by atoms with Crippen LogP contribution in [-0.2, 0) is 10.9 Å². The SMILES string of the molecule is COC(=O)c1ccc(N2CCCC(c3ccc(C(F)(F)F)cc3)C2)cc1. The average Bonchev–Trinajstić information content (AvgIpc) is 2.67. The van der Waals surface area contributed by atoms with E-state index in [1.807, 2.05) is 12.1 Å². The summed E-state index contributed by atoms with van der Waals surface area (Å²) in [5, 5.41) is 0. The molecule has 0 radical (unpaired) electrons. The van der Waals surface area contributed by atoms with E-state index in [1.165, 1.54) is 7.11 Å². The van der Waals surface area contributed by atoms with Gasteiger partial charge in [-0.3, -0.25) is 0 Å². The number of nitrogens with zero attached hydrogens (tertiary/aromatic N) is 1. The number of alkyl halides is 3. The molecule has 2 aromatic rings. The van der Waals surface area contributed by atoms with E-state index in [9.17, 15) is 18.0 Å². The molecule has 1 aliphatic rings. The lowest BCUT2D eigenvalue weighted by Crippen LogP contribution is -2.34. The third kappa shape index (κ3) is 4.00. The molecule has 26 heavy (non-hydrogen) atoms. The van der Waals surface area contributed by atoms with Gasteiger partial charge < -0.3 is 9.64 Å². The third-order valence-electron chi connectivity index (χ3n) is 4.78. The Morgan fingerprint density at radius 2 is 1.73 bits per heavy atom. The third-order valence-corrected chi connectivity index (χ3v) is 4.78. The van der Waals surface area contributed by atoms with Crippen molar-refractivity contribution in [2.75, 3.05) is 25.1 Å². The summed E-state index contributed by atoms with van der Waals surface area (Å²) < 4.78 is 42.9. The van der Waals surface area contributed by atoms with Crippen LogP contribution in [0.25, 0.3) is 0 Å². The fourth-order valence-electron chi connectivity index (χ4n) is 3.35. The summed E-state index contributed by atoms with van der Waals surface area (Å²) in [4.78, 5) is 13.7. The second kappa shape index (κ2) is 7.40. The normalized spacial score (nSPS) is 17.8. The lowest BCUT2D eigenvalue weighted by atomic mass is 9.90. The van der Waals surface area contributed by atoms with Gasteiger partial charge in [-0.05, 0) is 54.8 Å². The Morgan fingerprint density at radius 1 is 1.08 bits per heavy atom. The van der Waals surface area contributed by atoms with Crippen molar-refractivity contribution < 1.29 is 22.7 Å². The van der Waals surface area contributed by atoms with Gasteiger partial charge in [-0.15, -0.1) is 0 Å². The van der Waals surface area contributed by atoms with Gasteiger partial charge in [0.25, 0.3) is 0 Å². The van der Waals surface area contributed by atoms with Crippen molar-refractivity contribution in [2.45, 2.75) is 24.9 Å². The zero-order valence-corrected chi connectivity index (χ0v) is 14.4. The van der Waals surface area contributed by atoms with Crippen LogP contribution in [0.3, 0.4) is 0 Å². The molecule has 3 rings (SSSR count). The number of hydrogen-bond acceptors (Lipinski definition) is 3. The molecule has 1 saturated heterocycles. The van der Waals surface area contributed by atoms with Crippen molar-refractivity contribution in [3.63, 3.8) is 0 Å². The molecule has 6 heteroatoms. The number of methoxy groups -OCH3 is 1. The topological polar surface area (TPSA) is 29.5 Å². The van der Waals surface area contributed by atoms with E-state index in [2.05, 4.69) is 4.90 Å². The molecule has 1 aliphatic heterocycles. The van der Waals surface area contributed by atoms with Crippen LogP contribution in [0.15, 0.2) is 48.5 Å². The maximum Gasteiger partial charge on any atom is 0.416 e. The van der Waals surface area contributed by atoms with Crippen LogP contribution in [0, 0.1) is 0 Å². The van der Waals surface area contributed by atoms with Crippen LogP contribution in [0.5, 0.6) is 0 Å². The zero-order valence-electron chi connectivity index (χ0n) is 14.4. The lowest BCUT2D eigenvalue weighted by Gasteiger charge is -2.35. The number of hydrogen-bond donors (Lipinski definition) is 0. The van der Waals surface area contributed by atoms with E-state index < -0.39 is 11.7 Å². The van der Waals surface area contributed by atoms with Crippen molar-refractivity contribution in [2.24, 2.45) is 0 Å². The molecule has 1 atom stereocenters. The van der Waals surface area contributed by atoms with Gasteiger partial charge in [0.05, 0.1) is 18.2 Å². The smallest absolute Gasteiger partial charge is 0.416 e. The minimum absolute atomic E-state index is 0.186. The Hall–Kier alpha value is -2.50. The van der Waals surface area contributed by atoms with Crippen LogP contribution in [0.2, 0.25) is 0 Å². The predicted molar refractivity (Wildman–Crippen MR) is 93.4 cm³/mol.